The molecule has 0 fully saturated rings. The quantitative estimate of drug-likeness (QED) is 0.445. The Balaban J connectivity index is 3.54. The molecule has 0 rings (SSSR count). The predicted octanol–water partition coefficient (Wildman–Crippen LogP) is 1.20. The molecule has 0 aliphatic rings. The molecule has 13 heavy (non-hydrogen) atoms. The maximum Gasteiger partial charge on any atom is 0.104 e. The summed E-state index contributed by atoms with van der Waals surface area (Å²) >= 11 is 0. The van der Waals surface area contributed by atoms with Gasteiger partial charge < -0.3 is 10.2 Å². The third kappa shape index (κ3) is 6.99. The molecule has 0 aliphatic heterocycles. The fraction of sp³-hybridized carbons (Fsp3) is 1.00. The number of aliphatic hydroxyl groups excluding tert-OH is 2. The van der Waals surface area contributed by atoms with Gasteiger partial charge in [0.2, 0.25) is 0 Å². The lowest BCUT2D eigenvalue weighted by molar-refractivity contribution is 0.0160. The van der Waals surface area contributed by atoms with Crippen molar-refractivity contribution < 1.29 is 10.2 Å². The van der Waals surface area contributed by atoms with Gasteiger partial charge in [0.05, 0.1) is 0 Å². The van der Waals surface area contributed by atoms with E-state index in [1.165, 1.54) is 0 Å². The minimum atomic E-state index is -0.356. The molecule has 0 aromatic heterocycles. The highest BCUT2D eigenvalue weighted by atomic mass is 16.3. The molecule has 0 radical (unpaired) electrons. The molecule has 0 aromatic carbocycles. The van der Waals surface area contributed by atoms with E-state index in [-0.39, 0.29) is 12.8 Å². The van der Waals surface area contributed by atoms with Gasteiger partial charge in [-0.25, -0.2) is 0 Å². The summed E-state index contributed by atoms with van der Waals surface area (Å²) in [6.07, 6.45) is 3.72. The van der Waals surface area contributed by atoms with E-state index in [9.17, 15) is 5.11 Å². The lowest BCUT2D eigenvalue weighted by Gasteiger charge is -2.24. The van der Waals surface area contributed by atoms with Crippen molar-refractivity contribution in [3.63, 3.8) is 0 Å². The Morgan fingerprint density at radius 1 is 1.15 bits per heavy atom. The number of unbranched alkanes of at least 4 members (excludes halogenated alkanes) is 2. The molecule has 80 valence electrons. The Labute approximate surface area is 81.4 Å². The van der Waals surface area contributed by atoms with Gasteiger partial charge in [-0.1, -0.05) is 13.3 Å². The third-order valence-electron chi connectivity index (χ3n) is 2.18. The highest BCUT2D eigenvalue weighted by molar-refractivity contribution is 4.58. The fourth-order valence-electron chi connectivity index (χ4n) is 1.27. The maximum atomic E-state index is 9.40. The van der Waals surface area contributed by atoms with Gasteiger partial charge in [0, 0.05) is 19.7 Å². The summed E-state index contributed by atoms with van der Waals surface area (Å²) in [5.74, 6) is 0. The summed E-state index contributed by atoms with van der Waals surface area (Å²) in [5.41, 5.74) is 0. The maximum absolute atomic E-state index is 9.40. The number of aliphatic hydroxyl groups is 2. The molecule has 3 nitrogen and oxygen atoms in total. The van der Waals surface area contributed by atoms with Gasteiger partial charge in [-0.05, 0) is 26.2 Å². The van der Waals surface area contributed by atoms with E-state index in [4.69, 9.17) is 5.11 Å². The molecule has 0 saturated heterocycles. The molecule has 0 aliphatic carbocycles. The molecule has 1 atom stereocenters. The van der Waals surface area contributed by atoms with Crippen molar-refractivity contribution in [1.29, 1.82) is 0 Å². The van der Waals surface area contributed by atoms with Gasteiger partial charge in [-0.15, -0.1) is 0 Å². The van der Waals surface area contributed by atoms with Crippen LogP contribution >= 0.6 is 0 Å². The topological polar surface area (TPSA) is 43.7 Å². The number of rotatable bonds is 8. The first-order valence-corrected chi connectivity index (χ1v) is 5.25. The molecule has 0 bridgehead atoms. The van der Waals surface area contributed by atoms with Crippen molar-refractivity contribution >= 4 is 0 Å². The van der Waals surface area contributed by atoms with Crippen molar-refractivity contribution in [1.82, 2.24) is 4.90 Å². The largest absolute Gasteiger partial charge is 0.396 e. The van der Waals surface area contributed by atoms with Crippen molar-refractivity contribution in [2.45, 2.75) is 45.8 Å². The van der Waals surface area contributed by atoms with Crippen LogP contribution in [0.5, 0.6) is 0 Å². The Bertz CT molecular complexity index is 107. The molecule has 0 aromatic rings. The second-order valence-electron chi connectivity index (χ2n) is 3.45. The van der Waals surface area contributed by atoms with E-state index < -0.39 is 0 Å². The van der Waals surface area contributed by atoms with Crippen LogP contribution in [0.1, 0.15) is 39.5 Å². The monoisotopic (exact) mass is 189 g/mol. The molecular formula is C10H23NO2. The zero-order valence-electron chi connectivity index (χ0n) is 8.87. The second kappa shape index (κ2) is 8.48. The van der Waals surface area contributed by atoms with Crippen molar-refractivity contribution in [2.24, 2.45) is 0 Å². The third-order valence-corrected chi connectivity index (χ3v) is 2.18. The van der Waals surface area contributed by atoms with Gasteiger partial charge in [0.15, 0.2) is 0 Å². The van der Waals surface area contributed by atoms with E-state index in [0.717, 1.165) is 38.8 Å². The first kappa shape index (κ1) is 12.9. The van der Waals surface area contributed by atoms with E-state index in [0.29, 0.717) is 0 Å². The summed E-state index contributed by atoms with van der Waals surface area (Å²) in [7, 11) is 0. The van der Waals surface area contributed by atoms with Crippen molar-refractivity contribution in [2.75, 3.05) is 19.7 Å². The van der Waals surface area contributed by atoms with Gasteiger partial charge in [-0.2, -0.15) is 0 Å². The fourth-order valence-corrected chi connectivity index (χ4v) is 1.27. The summed E-state index contributed by atoms with van der Waals surface area (Å²) in [6.45, 7) is 6.04. The Kier molecular flexibility index (Phi) is 8.40. The SMILES string of the molecule is CCCCN(CCCCO)C(C)O. The molecule has 0 heterocycles. The van der Waals surface area contributed by atoms with Crippen LogP contribution in [0.25, 0.3) is 0 Å². The Hall–Kier alpha value is -0.120. The van der Waals surface area contributed by atoms with Crippen LogP contribution in [-0.4, -0.2) is 41.0 Å². The lowest BCUT2D eigenvalue weighted by Crippen LogP contribution is -2.34. The first-order chi connectivity index (χ1) is 6.22. The van der Waals surface area contributed by atoms with Crippen LogP contribution in [0.4, 0.5) is 0 Å². The van der Waals surface area contributed by atoms with Gasteiger partial charge in [0.25, 0.3) is 0 Å². The van der Waals surface area contributed by atoms with Crippen molar-refractivity contribution in [3.05, 3.63) is 0 Å². The first-order valence-electron chi connectivity index (χ1n) is 5.25. The van der Waals surface area contributed by atoms with E-state index in [1.54, 1.807) is 6.92 Å². The van der Waals surface area contributed by atoms with Crippen LogP contribution in [0.15, 0.2) is 0 Å². The highest BCUT2D eigenvalue weighted by Gasteiger charge is 2.08. The van der Waals surface area contributed by atoms with Crippen molar-refractivity contribution in [3.8, 4) is 0 Å². The molecule has 1 unspecified atom stereocenters. The molecule has 2 N–H and O–H groups in total. The summed E-state index contributed by atoms with van der Waals surface area (Å²) in [6, 6.07) is 0. The smallest absolute Gasteiger partial charge is 0.104 e. The minimum absolute atomic E-state index is 0.251. The molecular weight excluding hydrogens is 166 g/mol. The summed E-state index contributed by atoms with van der Waals surface area (Å²) in [4.78, 5) is 2.05. The predicted molar refractivity (Wildman–Crippen MR) is 54.5 cm³/mol. The number of hydrogen-bond acceptors (Lipinski definition) is 3. The van der Waals surface area contributed by atoms with Crippen LogP contribution in [-0.2, 0) is 0 Å². The molecule has 3 heteroatoms. The minimum Gasteiger partial charge on any atom is -0.396 e. The molecule has 0 saturated carbocycles. The molecule has 0 amide bonds. The lowest BCUT2D eigenvalue weighted by atomic mass is 10.2. The Morgan fingerprint density at radius 3 is 2.23 bits per heavy atom. The van der Waals surface area contributed by atoms with Gasteiger partial charge in [0.1, 0.15) is 6.23 Å². The van der Waals surface area contributed by atoms with Gasteiger partial charge in [-0.3, -0.25) is 4.90 Å². The average Bonchev–Trinajstić information content (AvgIpc) is 2.10. The number of nitrogens with zero attached hydrogens (tertiary/aromatic N) is 1. The number of hydrogen-bond donors (Lipinski definition) is 2. The molecule has 0 spiro atoms. The normalized spacial score (nSPS) is 13.6. The van der Waals surface area contributed by atoms with Crippen LogP contribution in [0, 0.1) is 0 Å². The average molecular weight is 189 g/mol. The van der Waals surface area contributed by atoms with Gasteiger partial charge >= 0.3 is 0 Å². The van der Waals surface area contributed by atoms with E-state index >= 15 is 0 Å². The van der Waals surface area contributed by atoms with E-state index in [2.05, 4.69) is 11.8 Å². The van der Waals surface area contributed by atoms with Crippen LogP contribution < -0.4 is 0 Å². The summed E-state index contributed by atoms with van der Waals surface area (Å²) < 4.78 is 0. The zero-order chi connectivity index (χ0) is 10.1. The van der Waals surface area contributed by atoms with E-state index in [1.807, 2.05) is 0 Å². The summed E-state index contributed by atoms with van der Waals surface area (Å²) in [5, 5.41) is 18.0. The highest BCUT2D eigenvalue weighted by Crippen LogP contribution is 2.02. The second-order valence-corrected chi connectivity index (χ2v) is 3.45. The Morgan fingerprint density at radius 2 is 1.77 bits per heavy atom. The van der Waals surface area contributed by atoms with Crippen LogP contribution in [0.3, 0.4) is 0 Å². The standard InChI is InChI=1S/C10H23NO2/c1-3-4-7-11(10(2)13)8-5-6-9-12/h10,12-13H,3-9H2,1-2H3. The zero-order valence-corrected chi connectivity index (χ0v) is 8.87. The van der Waals surface area contributed by atoms with Crippen LogP contribution in [0.2, 0.25) is 0 Å².